The number of rotatable bonds is 2. The number of anilines is 1. The molecule has 3 rings (SSSR count). The van der Waals surface area contributed by atoms with Crippen molar-refractivity contribution in [3.63, 3.8) is 0 Å². The Morgan fingerprint density at radius 3 is 2.78 bits per heavy atom. The van der Waals surface area contributed by atoms with Crippen LogP contribution in [0.2, 0.25) is 0 Å². The molecule has 0 saturated carbocycles. The predicted molar refractivity (Wildman–Crippen MR) is 66.3 cm³/mol. The number of hydrogen-bond donors (Lipinski definition) is 2. The summed E-state index contributed by atoms with van der Waals surface area (Å²) >= 11 is 0. The first-order chi connectivity index (χ1) is 8.86. The van der Waals surface area contributed by atoms with Gasteiger partial charge in [0.1, 0.15) is 19.0 Å². The van der Waals surface area contributed by atoms with Crippen LogP contribution in [0.1, 0.15) is 0 Å². The van der Waals surface area contributed by atoms with E-state index in [1.807, 2.05) is 18.2 Å². The molecule has 6 nitrogen and oxygen atoms in total. The number of benzene rings is 1. The lowest BCUT2D eigenvalue weighted by Crippen LogP contribution is -2.15. The summed E-state index contributed by atoms with van der Waals surface area (Å²) in [5.74, 6) is 7.94. The highest BCUT2D eigenvalue weighted by molar-refractivity contribution is 5.62. The number of ether oxygens (including phenoxy) is 2. The van der Waals surface area contributed by atoms with Crippen molar-refractivity contribution in [2.75, 3.05) is 18.6 Å². The monoisotopic (exact) mass is 244 g/mol. The van der Waals surface area contributed by atoms with E-state index in [0.717, 1.165) is 11.3 Å². The summed E-state index contributed by atoms with van der Waals surface area (Å²) in [6, 6.07) is 7.31. The molecule has 1 aliphatic heterocycles. The quantitative estimate of drug-likeness (QED) is 0.610. The summed E-state index contributed by atoms with van der Waals surface area (Å²) in [7, 11) is 0. The number of aromatic nitrogens is 2. The van der Waals surface area contributed by atoms with Crippen molar-refractivity contribution in [3.05, 3.63) is 30.5 Å². The van der Waals surface area contributed by atoms with Crippen molar-refractivity contribution >= 4 is 5.82 Å². The Balaban J connectivity index is 2.00. The number of hydrazine groups is 1. The minimum Gasteiger partial charge on any atom is -0.486 e. The highest BCUT2D eigenvalue weighted by Gasteiger charge is 2.13. The van der Waals surface area contributed by atoms with Gasteiger partial charge in [0.25, 0.3) is 0 Å². The van der Waals surface area contributed by atoms with Gasteiger partial charge in [-0.15, -0.1) is 0 Å². The molecular weight excluding hydrogens is 232 g/mol. The fourth-order valence-corrected chi connectivity index (χ4v) is 1.76. The molecule has 18 heavy (non-hydrogen) atoms. The van der Waals surface area contributed by atoms with Crippen molar-refractivity contribution in [1.29, 1.82) is 0 Å². The summed E-state index contributed by atoms with van der Waals surface area (Å²) in [5.41, 5.74) is 3.35. The van der Waals surface area contributed by atoms with E-state index in [4.69, 9.17) is 15.3 Å². The molecule has 92 valence electrons. The minimum atomic E-state index is 0.557. The van der Waals surface area contributed by atoms with Crippen molar-refractivity contribution in [3.8, 4) is 22.9 Å². The second kappa shape index (κ2) is 4.50. The number of hydrogen-bond acceptors (Lipinski definition) is 6. The molecule has 0 saturated heterocycles. The van der Waals surface area contributed by atoms with Crippen LogP contribution in [0.15, 0.2) is 30.5 Å². The number of nitrogen functional groups attached to an aromatic ring is 1. The third-order valence-corrected chi connectivity index (χ3v) is 2.60. The predicted octanol–water partition coefficient (Wildman–Crippen LogP) is 1.20. The van der Waals surface area contributed by atoms with Gasteiger partial charge < -0.3 is 14.9 Å². The van der Waals surface area contributed by atoms with Gasteiger partial charge in [0.15, 0.2) is 17.3 Å². The first-order valence-electron chi connectivity index (χ1n) is 5.56. The SMILES string of the molecule is NNc1ccnc(-c2ccc3c(c2)OCCO3)n1. The van der Waals surface area contributed by atoms with Gasteiger partial charge in [0, 0.05) is 17.8 Å². The van der Waals surface area contributed by atoms with Gasteiger partial charge in [-0.05, 0) is 18.2 Å². The third-order valence-electron chi connectivity index (χ3n) is 2.60. The summed E-state index contributed by atoms with van der Waals surface area (Å²) in [4.78, 5) is 8.47. The number of nitrogens with one attached hydrogen (secondary N) is 1. The van der Waals surface area contributed by atoms with Crippen molar-refractivity contribution < 1.29 is 9.47 Å². The summed E-state index contributed by atoms with van der Waals surface area (Å²) in [5, 5.41) is 0. The van der Waals surface area contributed by atoms with E-state index in [1.165, 1.54) is 0 Å². The van der Waals surface area contributed by atoms with Crippen LogP contribution in [0.5, 0.6) is 11.5 Å². The van der Waals surface area contributed by atoms with Crippen LogP contribution in [0.3, 0.4) is 0 Å². The average Bonchev–Trinajstić information content (AvgIpc) is 2.47. The van der Waals surface area contributed by atoms with Crippen LogP contribution in [0, 0.1) is 0 Å². The van der Waals surface area contributed by atoms with Crippen molar-refractivity contribution in [2.45, 2.75) is 0 Å². The maximum absolute atomic E-state index is 5.52. The van der Waals surface area contributed by atoms with E-state index in [-0.39, 0.29) is 0 Å². The fourth-order valence-electron chi connectivity index (χ4n) is 1.76. The van der Waals surface area contributed by atoms with Gasteiger partial charge in [-0.1, -0.05) is 0 Å². The zero-order chi connectivity index (χ0) is 12.4. The summed E-state index contributed by atoms with van der Waals surface area (Å²) in [6.45, 7) is 1.14. The summed E-state index contributed by atoms with van der Waals surface area (Å²) < 4.78 is 11.0. The van der Waals surface area contributed by atoms with Crippen molar-refractivity contribution in [1.82, 2.24) is 9.97 Å². The Kier molecular flexibility index (Phi) is 2.70. The average molecular weight is 244 g/mol. The Hall–Kier alpha value is -2.34. The second-order valence-electron chi connectivity index (χ2n) is 3.77. The van der Waals surface area contributed by atoms with Gasteiger partial charge >= 0.3 is 0 Å². The molecule has 0 spiro atoms. The van der Waals surface area contributed by atoms with Gasteiger partial charge in [-0.2, -0.15) is 0 Å². The minimum absolute atomic E-state index is 0.557. The molecule has 6 heteroatoms. The molecule has 2 heterocycles. The third kappa shape index (κ3) is 1.93. The van der Waals surface area contributed by atoms with Crippen LogP contribution in [0.4, 0.5) is 5.82 Å². The van der Waals surface area contributed by atoms with Gasteiger partial charge in [-0.25, -0.2) is 15.8 Å². The van der Waals surface area contributed by atoms with E-state index >= 15 is 0 Å². The highest BCUT2D eigenvalue weighted by Crippen LogP contribution is 2.33. The Labute approximate surface area is 104 Å². The number of fused-ring (bicyclic) bond motifs is 1. The van der Waals surface area contributed by atoms with Gasteiger partial charge in [0.2, 0.25) is 0 Å². The molecule has 0 unspecified atom stereocenters. The Morgan fingerprint density at radius 1 is 1.11 bits per heavy atom. The van der Waals surface area contributed by atoms with Crippen LogP contribution in [-0.2, 0) is 0 Å². The summed E-state index contributed by atoms with van der Waals surface area (Å²) in [6.07, 6.45) is 1.65. The Morgan fingerprint density at radius 2 is 1.94 bits per heavy atom. The largest absolute Gasteiger partial charge is 0.486 e. The van der Waals surface area contributed by atoms with Gasteiger partial charge in [-0.3, -0.25) is 0 Å². The number of nitrogens with two attached hydrogens (primary N) is 1. The lowest BCUT2D eigenvalue weighted by atomic mass is 10.2. The molecule has 1 aliphatic rings. The van der Waals surface area contributed by atoms with Crippen molar-refractivity contribution in [2.24, 2.45) is 5.84 Å². The molecule has 1 aromatic carbocycles. The van der Waals surface area contributed by atoms with Crippen LogP contribution in [0.25, 0.3) is 11.4 Å². The molecule has 3 N–H and O–H groups in total. The fraction of sp³-hybridized carbons (Fsp3) is 0.167. The number of nitrogens with zero attached hydrogens (tertiary/aromatic N) is 2. The van der Waals surface area contributed by atoms with E-state index in [1.54, 1.807) is 12.3 Å². The molecule has 0 aliphatic carbocycles. The Bertz CT molecular complexity index is 574. The van der Waals surface area contributed by atoms with Crippen LogP contribution in [-0.4, -0.2) is 23.2 Å². The lowest BCUT2D eigenvalue weighted by Gasteiger charge is -2.18. The molecule has 1 aromatic heterocycles. The smallest absolute Gasteiger partial charge is 0.162 e. The van der Waals surface area contributed by atoms with E-state index < -0.39 is 0 Å². The lowest BCUT2D eigenvalue weighted by molar-refractivity contribution is 0.171. The first kappa shape index (κ1) is 10.8. The normalized spacial score (nSPS) is 13.2. The second-order valence-corrected chi connectivity index (χ2v) is 3.77. The standard InChI is InChI=1S/C12H12N4O2/c13-16-11-3-4-14-12(15-11)8-1-2-9-10(7-8)18-6-5-17-9/h1-4,7H,5-6,13H2,(H,14,15,16). The van der Waals surface area contributed by atoms with Gasteiger partial charge in [0.05, 0.1) is 0 Å². The van der Waals surface area contributed by atoms with Crippen LogP contribution >= 0.6 is 0 Å². The zero-order valence-corrected chi connectivity index (χ0v) is 9.59. The zero-order valence-electron chi connectivity index (χ0n) is 9.59. The highest BCUT2D eigenvalue weighted by atomic mass is 16.6. The van der Waals surface area contributed by atoms with Crippen LogP contribution < -0.4 is 20.7 Å². The topological polar surface area (TPSA) is 82.3 Å². The van der Waals surface area contributed by atoms with E-state index in [0.29, 0.717) is 30.6 Å². The first-order valence-corrected chi connectivity index (χ1v) is 5.56. The maximum atomic E-state index is 5.52. The van der Waals surface area contributed by atoms with E-state index in [2.05, 4.69) is 15.4 Å². The molecular formula is C12H12N4O2. The maximum Gasteiger partial charge on any atom is 0.162 e. The molecule has 0 radical (unpaired) electrons. The molecule has 0 amide bonds. The molecule has 0 bridgehead atoms. The molecule has 2 aromatic rings. The van der Waals surface area contributed by atoms with E-state index in [9.17, 15) is 0 Å². The molecule has 0 fully saturated rings. The molecule has 0 atom stereocenters.